The average Bonchev–Trinajstić information content (AvgIpc) is 2.85. The van der Waals surface area contributed by atoms with Gasteiger partial charge in [-0.25, -0.2) is 0 Å². The van der Waals surface area contributed by atoms with Gasteiger partial charge >= 0.3 is 5.97 Å². The minimum absolute atomic E-state index is 0.213. The number of hydrogen-bond donors (Lipinski definition) is 2. The fourth-order valence-electron chi connectivity index (χ4n) is 4.47. The van der Waals surface area contributed by atoms with Crippen molar-refractivity contribution in [2.75, 3.05) is 6.54 Å². The summed E-state index contributed by atoms with van der Waals surface area (Å²) in [6, 6.07) is 1.32. The lowest BCUT2D eigenvalue weighted by Gasteiger charge is -2.38. The molecule has 0 amide bonds. The smallest absolute Gasteiger partial charge is 0.323 e. The van der Waals surface area contributed by atoms with E-state index < -0.39 is 11.5 Å². The number of hydrogen-bond acceptors (Lipinski definition) is 3. The van der Waals surface area contributed by atoms with Gasteiger partial charge in [0.1, 0.15) is 5.54 Å². The molecule has 0 aromatic carbocycles. The number of carboxylic acid groups (broad SMARTS) is 1. The zero-order chi connectivity index (χ0) is 15.5. The molecule has 2 rings (SSSR count). The Balaban J connectivity index is 2.05. The van der Waals surface area contributed by atoms with Crippen LogP contribution in [0.25, 0.3) is 0 Å². The fourth-order valence-corrected chi connectivity index (χ4v) is 4.47. The first-order chi connectivity index (χ1) is 9.98. The number of nitrogens with zero attached hydrogens (tertiary/aromatic N) is 1. The van der Waals surface area contributed by atoms with Crippen LogP contribution in [-0.2, 0) is 4.79 Å². The molecule has 2 unspecified atom stereocenters. The Morgan fingerprint density at radius 3 is 2.43 bits per heavy atom. The molecule has 4 heteroatoms. The van der Waals surface area contributed by atoms with Gasteiger partial charge in [0.05, 0.1) is 0 Å². The summed E-state index contributed by atoms with van der Waals surface area (Å²) >= 11 is 0. The third kappa shape index (κ3) is 3.78. The third-order valence-corrected chi connectivity index (χ3v) is 5.34. The number of carboxylic acids is 1. The molecule has 2 aliphatic carbocycles. The van der Waals surface area contributed by atoms with E-state index in [1.165, 1.54) is 32.1 Å². The fraction of sp³-hybridized carbons (Fsp3) is 0.941. The van der Waals surface area contributed by atoms with Crippen LogP contribution in [0.1, 0.15) is 72.1 Å². The van der Waals surface area contributed by atoms with Gasteiger partial charge in [-0.05, 0) is 52.5 Å². The monoisotopic (exact) mass is 296 g/mol. The van der Waals surface area contributed by atoms with E-state index in [2.05, 4.69) is 17.1 Å². The highest BCUT2D eigenvalue weighted by Crippen LogP contribution is 2.36. The van der Waals surface area contributed by atoms with Gasteiger partial charge in [-0.15, -0.1) is 0 Å². The maximum atomic E-state index is 11.8. The summed E-state index contributed by atoms with van der Waals surface area (Å²) < 4.78 is 0. The van der Waals surface area contributed by atoms with Crippen LogP contribution in [0.5, 0.6) is 0 Å². The second kappa shape index (κ2) is 7.10. The lowest BCUT2D eigenvalue weighted by Crippen LogP contribution is -2.54. The van der Waals surface area contributed by atoms with Crippen LogP contribution in [0, 0.1) is 0 Å². The molecule has 0 aliphatic heterocycles. The molecule has 0 bridgehead atoms. The van der Waals surface area contributed by atoms with Crippen LogP contribution in [-0.4, -0.2) is 46.2 Å². The van der Waals surface area contributed by atoms with Crippen molar-refractivity contribution >= 4 is 5.97 Å². The molecule has 2 aliphatic rings. The molecule has 122 valence electrons. The van der Waals surface area contributed by atoms with Crippen molar-refractivity contribution in [2.24, 2.45) is 0 Å². The first-order valence-corrected chi connectivity index (χ1v) is 8.75. The summed E-state index contributed by atoms with van der Waals surface area (Å²) in [6.45, 7) is 7.35. The minimum Gasteiger partial charge on any atom is -0.480 e. The molecular formula is C17H32N2O2. The van der Waals surface area contributed by atoms with Gasteiger partial charge in [-0.2, -0.15) is 0 Å². The molecular weight excluding hydrogens is 264 g/mol. The van der Waals surface area contributed by atoms with Gasteiger partial charge in [0.15, 0.2) is 0 Å². The summed E-state index contributed by atoms with van der Waals surface area (Å²) in [6.07, 6.45) is 9.15. The summed E-state index contributed by atoms with van der Waals surface area (Å²) in [5.41, 5.74) is -0.707. The predicted molar refractivity (Wildman–Crippen MR) is 85.5 cm³/mol. The van der Waals surface area contributed by atoms with Crippen molar-refractivity contribution in [2.45, 2.75) is 95.8 Å². The Kier molecular flexibility index (Phi) is 5.67. The van der Waals surface area contributed by atoms with Crippen molar-refractivity contribution in [1.29, 1.82) is 0 Å². The van der Waals surface area contributed by atoms with E-state index in [-0.39, 0.29) is 6.04 Å². The van der Waals surface area contributed by atoms with Crippen LogP contribution in [0.2, 0.25) is 0 Å². The third-order valence-electron chi connectivity index (χ3n) is 5.34. The van der Waals surface area contributed by atoms with Gasteiger partial charge in [0.25, 0.3) is 0 Å². The second-order valence-electron chi connectivity index (χ2n) is 7.21. The number of nitrogens with one attached hydrogen (secondary N) is 1. The van der Waals surface area contributed by atoms with Crippen molar-refractivity contribution < 1.29 is 9.90 Å². The molecule has 2 atom stereocenters. The molecule has 4 nitrogen and oxygen atoms in total. The minimum atomic E-state index is -0.707. The van der Waals surface area contributed by atoms with E-state index in [1.807, 2.05) is 13.8 Å². The van der Waals surface area contributed by atoms with E-state index in [9.17, 15) is 9.90 Å². The Hall–Kier alpha value is -0.610. The van der Waals surface area contributed by atoms with Crippen molar-refractivity contribution in [3.8, 4) is 0 Å². The van der Waals surface area contributed by atoms with Crippen molar-refractivity contribution in [3.63, 3.8) is 0 Å². The Labute approximate surface area is 129 Å². The molecule has 0 spiro atoms. The van der Waals surface area contributed by atoms with Crippen LogP contribution < -0.4 is 5.32 Å². The van der Waals surface area contributed by atoms with Crippen LogP contribution >= 0.6 is 0 Å². The first-order valence-electron chi connectivity index (χ1n) is 8.75. The molecule has 2 N–H and O–H groups in total. The quantitative estimate of drug-likeness (QED) is 0.791. The summed E-state index contributed by atoms with van der Waals surface area (Å²) in [7, 11) is 0. The van der Waals surface area contributed by atoms with Gasteiger partial charge in [0, 0.05) is 18.1 Å². The highest BCUT2D eigenvalue weighted by atomic mass is 16.4. The predicted octanol–water partition coefficient (Wildman–Crippen LogP) is 3.01. The van der Waals surface area contributed by atoms with Crippen molar-refractivity contribution in [3.05, 3.63) is 0 Å². The molecule has 2 saturated carbocycles. The highest BCUT2D eigenvalue weighted by molar-refractivity contribution is 5.79. The molecule has 0 saturated heterocycles. The Bertz CT molecular complexity index is 353. The first kappa shape index (κ1) is 16.8. The summed E-state index contributed by atoms with van der Waals surface area (Å²) in [5, 5.41) is 13.1. The molecule has 0 heterocycles. The van der Waals surface area contributed by atoms with Gasteiger partial charge in [0.2, 0.25) is 0 Å². The standard InChI is InChI=1S/C17H32N2O2/c1-4-19(14-8-6-5-7-9-14)15-10-11-17(12-15,16(20)21)18-13(2)3/h13-15,18H,4-12H2,1-3H3,(H,20,21). The van der Waals surface area contributed by atoms with Gasteiger partial charge in [-0.1, -0.05) is 26.2 Å². The molecule has 0 radical (unpaired) electrons. The average molecular weight is 296 g/mol. The van der Waals surface area contributed by atoms with Gasteiger partial charge in [-0.3, -0.25) is 15.0 Å². The molecule has 0 aromatic rings. The van der Waals surface area contributed by atoms with E-state index in [0.29, 0.717) is 12.1 Å². The number of carbonyl (C=O) groups is 1. The van der Waals surface area contributed by atoms with Gasteiger partial charge < -0.3 is 5.11 Å². The molecule has 21 heavy (non-hydrogen) atoms. The van der Waals surface area contributed by atoms with E-state index >= 15 is 0 Å². The number of aliphatic carboxylic acids is 1. The largest absolute Gasteiger partial charge is 0.480 e. The molecule has 2 fully saturated rings. The zero-order valence-electron chi connectivity index (χ0n) is 13.9. The Morgan fingerprint density at radius 2 is 1.90 bits per heavy atom. The van der Waals surface area contributed by atoms with Crippen molar-refractivity contribution in [1.82, 2.24) is 10.2 Å². The van der Waals surface area contributed by atoms with Crippen LogP contribution in [0.3, 0.4) is 0 Å². The van der Waals surface area contributed by atoms with Crippen LogP contribution in [0.15, 0.2) is 0 Å². The lowest BCUT2D eigenvalue weighted by atomic mass is 9.92. The molecule has 0 aromatic heterocycles. The second-order valence-corrected chi connectivity index (χ2v) is 7.21. The van der Waals surface area contributed by atoms with E-state index in [4.69, 9.17) is 0 Å². The van der Waals surface area contributed by atoms with E-state index in [0.717, 1.165) is 25.8 Å². The lowest BCUT2D eigenvalue weighted by molar-refractivity contribution is -0.145. The number of rotatable bonds is 6. The van der Waals surface area contributed by atoms with Crippen LogP contribution in [0.4, 0.5) is 0 Å². The topological polar surface area (TPSA) is 52.6 Å². The normalized spacial score (nSPS) is 31.2. The highest BCUT2D eigenvalue weighted by Gasteiger charge is 2.47. The van der Waals surface area contributed by atoms with E-state index in [1.54, 1.807) is 0 Å². The summed E-state index contributed by atoms with van der Waals surface area (Å²) in [4.78, 5) is 14.4. The zero-order valence-corrected chi connectivity index (χ0v) is 13.9. The summed E-state index contributed by atoms with van der Waals surface area (Å²) in [5.74, 6) is -0.668. The maximum Gasteiger partial charge on any atom is 0.323 e. The Morgan fingerprint density at radius 1 is 1.24 bits per heavy atom. The SMILES string of the molecule is CCN(C1CCCCC1)C1CCC(NC(C)C)(C(=O)O)C1. The maximum absolute atomic E-state index is 11.8.